The molecule has 10 nitrogen and oxygen atoms in total. The second-order valence-electron chi connectivity index (χ2n) is 9.83. The number of phenols is 1. The normalized spacial score (nSPS) is 15.2. The van der Waals surface area contributed by atoms with Crippen LogP contribution in [0.15, 0.2) is 41.3 Å². The number of nitrogens with zero attached hydrogens (tertiary/aromatic N) is 3. The quantitative estimate of drug-likeness (QED) is 0.454. The van der Waals surface area contributed by atoms with Crippen molar-refractivity contribution in [2.24, 2.45) is 5.92 Å². The minimum Gasteiger partial charge on any atom is -0.506 e. The van der Waals surface area contributed by atoms with Crippen molar-refractivity contribution in [2.45, 2.75) is 50.7 Å². The van der Waals surface area contributed by atoms with Crippen molar-refractivity contribution in [3.63, 3.8) is 0 Å². The van der Waals surface area contributed by atoms with E-state index in [9.17, 15) is 18.3 Å². The summed E-state index contributed by atoms with van der Waals surface area (Å²) in [6.45, 7) is 7.50. The number of phenolic OH excluding ortho intramolecular Hbond substituents is 1. The summed E-state index contributed by atoms with van der Waals surface area (Å²) in [7, 11) is -1.02. The lowest BCUT2D eigenvalue weighted by molar-refractivity contribution is -0.114. The van der Waals surface area contributed by atoms with Crippen LogP contribution >= 0.6 is 0 Å². The molecule has 1 saturated heterocycles. The molecule has 1 fully saturated rings. The Kier molecular flexibility index (Phi) is 7.50. The van der Waals surface area contributed by atoms with Gasteiger partial charge in [0.15, 0.2) is 0 Å². The summed E-state index contributed by atoms with van der Waals surface area (Å²) in [4.78, 5) is 15.9. The lowest BCUT2D eigenvalue weighted by atomic mass is 9.99. The predicted octanol–water partition coefficient (Wildman–Crippen LogP) is 3.83. The van der Waals surface area contributed by atoms with Gasteiger partial charge >= 0.3 is 0 Å². The Bertz CT molecular complexity index is 1410. The Balaban J connectivity index is 1.71. The Hall–Kier alpha value is -3.15. The van der Waals surface area contributed by atoms with Crippen molar-refractivity contribution in [1.29, 1.82) is 0 Å². The smallest absolute Gasteiger partial charge is 0.267 e. The molecule has 2 heterocycles. The van der Waals surface area contributed by atoms with Crippen LogP contribution in [0.3, 0.4) is 0 Å². The Labute approximate surface area is 217 Å². The number of amides is 1. The highest BCUT2D eigenvalue weighted by Crippen LogP contribution is 2.34. The van der Waals surface area contributed by atoms with Gasteiger partial charge in [0.05, 0.1) is 16.7 Å². The Morgan fingerprint density at radius 2 is 1.95 bits per heavy atom. The highest BCUT2D eigenvalue weighted by atomic mass is 32.2. The van der Waals surface area contributed by atoms with Crippen LogP contribution in [0.2, 0.25) is 0 Å². The third kappa shape index (κ3) is 5.43. The number of carbonyl (C=O) groups excluding carboxylic acids is 1. The first-order valence-electron chi connectivity index (χ1n) is 12.2. The molecule has 0 atom stereocenters. The van der Waals surface area contributed by atoms with Crippen LogP contribution < -0.4 is 9.62 Å². The highest BCUT2D eigenvalue weighted by molar-refractivity contribution is 7.92. The first kappa shape index (κ1) is 26.9. The first-order valence-corrected chi connectivity index (χ1v) is 13.6. The molecule has 37 heavy (non-hydrogen) atoms. The number of rotatable bonds is 8. The largest absolute Gasteiger partial charge is 0.506 e. The van der Waals surface area contributed by atoms with Gasteiger partial charge in [-0.25, -0.2) is 13.4 Å². The highest BCUT2D eigenvalue weighted by Gasteiger charge is 2.30. The summed E-state index contributed by atoms with van der Waals surface area (Å²) in [6, 6.07) is 9.25. The number of methoxy groups -OCH3 is 1. The topological polar surface area (TPSA) is 123 Å². The van der Waals surface area contributed by atoms with Crippen molar-refractivity contribution in [2.75, 3.05) is 37.0 Å². The summed E-state index contributed by atoms with van der Waals surface area (Å²) >= 11 is 0. The lowest BCUT2D eigenvalue weighted by Crippen LogP contribution is -2.28. The van der Waals surface area contributed by atoms with Gasteiger partial charge in [-0.05, 0) is 62.9 Å². The standard InChI is InChI=1S/C26H34N4O6S/c1-17(31)27-19-6-9-24(23(32)14-19)37(33,34)29(4)20-7-8-22-21(15-20)28-25(26(2,3)35-5)30(22)16-18-10-12-36-13-11-18/h6-9,14-15,18,32H,10-13,16H2,1-5H3,(H,27,31). The van der Waals surface area contributed by atoms with Crippen LogP contribution in [-0.2, 0) is 36.4 Å². The molecule has 200 valence electrons. The molecule has 0 saturated carbocycles. The number of aromatic hydroxyl groups is 1. The summed E-state index contributed by atoms with van der Waals surface area (Å²) in [6.07, 6.45) is 1.94. The monoisotopic (exact) mass is 530 g/mol. The second-order valence-corrected chi connectivity index (χ2v) is 11.8. The van der Waals surface area contributed by atoms with E-state index in [1.807, 2.05) is 19.9 Å². The fourth-order valence-electron chi connectivity index (χ4n) is 4.54. The molecule has 1 aromatic heterocycles. The van der Waals surface area contributed by atoms with Gasteiger partial charge in [0, 0.05) is 52.6 Å². The molecule has 11 heteroatoms. The van der Waals surface area contributed by atoms with E-state index < -0.39 is 21.4 Å². The number of imidazole rings is 1. The minimum absolute atomic E-state index is 0.268. The number of sulfonamides is 1. The molecule has 1 amide bonds. The fraction of sp³-hybridized carbons (Fsp3) is 0.462. The van der Waals surface area contributed by atoms with Crippen LogP contribution in [0.1, 0.15) is 39.4 Å². The molecule has 0 radical (unpaired) electrons. The number of fused-ring (bicyclic) bond motifs is 1. The zero-order valence-corrected chi connectivity index (χ0v) is 22.6. The molecular formula is C26H34N4O6S. The van der Waals surface area contributed by atoms with Crippen LogP contribution in [0.25, 0.3) is 11.0 Å². The van der Waals surface area contributed by atoms with Gasteiger partial charge in [0.1, 0.15) is 22.1 Å². The van der Waals surface area contributed by atoms with E-state index >= 15 is 0 Å². The van der Waals surface area contributed by atoms with E-state index in [-0.39, 0.29) is 10.8 Å². The van der Waals surface area contributed by atoms with Gasteiger partial charge < -0.3 is 24.5 Å². The van der Waals surface area contributed by atoms with Gasteiger partial charge in [0.25, 0.3) is 10.0 Å². The predicted molar refractivity (Wildman–Crippen MR) is 141 cm³/mol. The fourth-order valence-corrected chi connectivity index (χ4v) is 5.79. The van der Waals surface area contributed by atoms with Crippen LogP contribution in [0.5, 0.6) is 5.75 Å². The molecule has 2 aromatic carbocycles. The van der Waals surface area contributed by atoms with Gasteiger partial charge in [-0.1, -0.05) is 0 Å². The van der Waals surface area contributed by atoms with Crippen molar-refractivity contribution >= 4 is 38.3 Å². The average molecular weight is 531 g/mol. The van der Waals surface area contributed by atoms with Crippen LogP contribution in [-0.4, -0.2) is 56.4 Å². The number of hydrogen-bond acceptors (Lipinski definition) is 7. The molecule has 0 spiro atoms. The maximum absolute atomic E-state index is 13.4. The van der Waals surface area contributed by atoms with Gasteiger partial charge in [-0.2, -0.15) is 0 Å². The van der Waals surface area contributed by atoms with E-state index in [0.717, 1.165) is 48.2 Å². The maximum Gasteiger partial charge on any atom is 0.267 e. The summed E-state index contributed by atoms with van der Waals surface area (Å²) in [5.41, 5.74) is 1.59. The number of benzene rings is 2. The first-order chi connectivity index (χ1) is 17.4. The SMILES string of the molecule is COC(C)(C)c1nc2cc(N(C)S(=O)(=O)c3ccc(NC(C)=O)cc3O)ccc2n1CC1CCOCC1. The maximum atomic E-state index is 13.4. The molecule has 3 aromatic rings. The minimum atomic E-state index is -4.10. The van der Waals surface area contributed by atoms with E-state index in [4.69, 9.17) is 14.5 Å². The van der Waals surface area contributed by atoms with E-state index in [1.54, 1.807) is 19.2 Å². The van der Waals surface area contributed by atoms with Gasteiger partial charge in [-0.15, -0.1) is 0 Å². The number of aromatic nitrogens is 2. The van der Waals surface area contributed by atoms with E-state index in [1.165, 1.54) is 32.2 Å². The molecule has 0 unspecified atom stereocenters. The number of hydrogen-bond donors (Lipinski definition) is 2. The molecule has 1 aliphatic rings. The molecule has 2 N–H and O–H groups in total. The van der Waals surface area contributed by atoms with Crippen molar-refractivity contribution < 1.29 is 27.8 Å². The number of anilines is 2. The van der Waals surface area contributed by atoms with Crippen molar-refractivity contribution in [3.05, 3.63) is 42.2 Å². The third-order valence-electron chi connectivity index (χ3n) is 6.84. The molecule has 0 bridgehead atoms. The summed E-state index contributed by atoms with van der Waals surface area (Å²) < 4.78 is 41.3. The average Bonchev–Trinajstić information content (AvgIpc) is 3.22. The number of ether oxygens (including phenoxy) is 2. The zero-order valence-electron chi connectivity index (χ0n) is 21.8. The molecule has 0 aliphatic carbocycles. The number of nitrogens with one attached hydrogen (secondary N) is 1. The van der Waals surface area contributed by atoms with Crippen LogP contribution in [0, 0.1) is 5.92 Å². The molecule has 1 aliphatic heterocycles. The molecule has 4 rings (SSSR count). The Morgan fingerprint density at radius 3 is 2.57 bits per heavy atom. The van der Waals surface area contributed by atoms with E-state index in [0.29, 0.717) is 22.8 Å². The second kappa shape index (κ2) is 10.3. The zero-order chi connectivity index (χ0) is 27.0. The molecular weight excluding hydrogens is 496 g/mol. The van der Waals surface area contributed by atoms with Crippen LogP contribution in [0.4, 0.5) is 11.4 Å². The van der Waals surface area contributed by atoms with Gasteiger partial charge in [0.2, 0.25) is 5.91 Å². The number of carbonyl (C=O) groups is 1. The third-order valence-corrected chi connectivity index (χ3v) is 8.68. The van der Waals surface area contributed by atoms with Gasteiger partial charge in [-0.3, -0.25) is 9.10 Å². The summed E-state index contributed by atoms with van der Waals surface area (Å²) in [5, 5.41) is 12.9. The van der Waals surface area contributed by atoms with Crippen molar-refractivity contribution in [3.8, 4) is 5.75 Å². The summed E-state index contributed by atoms with van der Waals surface area (Å²) in [5.74, 6) is 0.436. The van der Waals surface area contributed by atoms with Crippen molar-refractivity contribution in [1.82, 2.24) is 9.55 Å². The lowest BCUT2D eigenvalue weighted by Gasteiger charge is -2.27. The van der Waals surface area contributed by atoms with E-state index in [2.05, 4.69) is 9.88 Å². The Morgan fingerprint density at radius 1 is 1.24 bits per heavy atom.